The Morgan fingerprint density at radius 1 is 0.912 bits per heavy atom. The van der Waals surface area contributed by atoms with Crippen LogP contribution in [-0.4, -0.2) is 37.8 Å². The van der Waals surface area contributed by atoms with Crippen molar-refractivity contribution in [3.05, 3.63) is 93.8 Å². The first-order valence-electron chi connectivity index (χ1n) is 10.9. The Hall–Kier alpha value is -4.26. The van der Waals surface area contributed by atoms with Crippen molar-refractivity contribution in [3.8, 4) is 23.0 Å². The quantitative estimate of drug-likeness (QED) is 0.407. The van der Waals surface area contributed by atoms with Gasteiger partial charge in [0, 0.05) is 24.4 Å². The third-order valence-corrected chi connectivity index (χ3v) is 5.83. The molecule has 7 heteroatoms. The molecule has 4 aromatic rings. The molecule has 1 aliphatic rings. The second-order valence-electron chi connectivity index (χ2n) is 7.92. The number of hydrogen-bond donors (Lipinski definition) is 0. The number of rotatable bonds is 6. The number of carbonyl (C=O) groups is 1. The van der Waals surface area contributed by atoms with E-state index in [0.717, 1.165) is 11.3 Å². The molecule has 5 rings (SSSR count). The van der Waals surface area contributed by atoms with Gasteiger partial charge in [-0.25, -0.2) is 0 Å². The summed E-state index contributed by atoms with van der Waals surface area (Å²) in [7, 11) is 3.17. The van der Waals surface area contributed by atoms with Crippen LogP contribution in [0, 0.1) is 0 Å². The summed E-state index contributed by atoms with van der Waals surface area (Å²) in [5.74, 6) is 2.08. The molecule has 0 bridgehead atoms. The van der Waals surface area contributed by atoms with Crippen LogP contribution in [0.2, 0.25) is 0 Å². The van der Waals surface area contributed by atoms with Gasteiger partial charge in [0.25, 0.3) is 0 Å². The molecule has 0 N–H and O–H groups in total. The first-order chi connectivity index (χ1) is 16.6. The highest BCUT2D eigenvalue weighted by Crippen LogP contribution is 2.34. The summed E-state index contributed by atoms with van der Waals surface area (Å²) < 4.78 is 23.9. The molecule has 34 heavy (non-hydrogen) atoms. The average molecular weight is 457 g/mol. The van der Waals surface area contributed by atoms with Crippen molar-refractivity contribution in [3.63, 3.8) is 0 Å². The third-order valence-electron chi connectivity index (χ3n) is 5.83. The van der Waals surface area contributed by atoms with Crippen LogP contribution < -0.4 is 24.4 Å². The Kier molecular flexibility index (Phi) is 5.67. The topological polar surface area (TPSA) is 76.0 Å². The number of ether oxygens (including phenoxy) is 4. The molecule has 172 valence electrons. The van der Waals surface area contributed by atoms with E-state index in [4.69, 9.17) is 18.9 Å². The molecule has 0 aliphatic carbocycles. The van der Waals surface area contributed by atoms with Gasteiger partial charge in [0.1, 0.15) is 24.7 Å². The number of nitrogens with zero attached hydrogens (tertiary/aromatic N) is 1. The van der Waals surface area contributed by atoms with Gasteiger partial charge >= 0.3 is 0 Å². The maximum absolute atomic E-state index is 13.5. The van der Waals surface area contributed by atoms with Gasteiger partial charge in [-0.05, 0) is 48.0 Å². The zero-order chi connectivity index (χ0) is 23.7. The van der Waals surface area contributed by atoms with Crippen LogP contribution in [-0.2, 0) is 6.54 Å². The van der Waals surface area contributed by atoms with Crippen LogP contribution in [0.3, 0.4) is 0 Å². The van der Waals surface area contributed by atoms with E-state index in [1.54, 1.807) is 56.8 Å². The maximum atomic E-state index is 13.5. The third kappa shape index (κ3) is 3.96. The molecule has 0 amide bonds. The monoisotopic (exact) mass is 457 g/mol. The van der Waals surface area contributed by atoms with E-state index in [1.807, 2.05) is 28.8 Å². The molecule has 1 aromatic heterocycles. The minimum atomic E-state index is -0.358. The van der Waals surface area contributed by atoms with Gasteiger partial charge in [0.15, 0.2) is 17.3 Å². The molecule has 7 nitrogen and oxygen atoms in total. The first-order valence-corrected chi connectivity index (χ1v) is 10.9. The molecule has 0 spiro atoms. The summed E-state index contributed by atoms with van der Waals surface area (Å²) in [6.07, 6.45) is 1.62. The standard InChI is InChI=1S/C27H23NO6/c1-31-19-8-6-18(7-9-19)26(29)22-16-28(15-17-4-3-5-20(12-17)32-2)23-14-25-24(33-10-11-34-25)13-21(23)27(22)30/h3-9,12-14,16H,10-11,15H2,1-2H3. The lowest BCUT2D eigenvalue weighted by atomic mass is 10.0. The minimum Gasteiger partial charge on any atom is -0.497 e. The second-order valence-corrected chi connectivity index (χ2v) is 7.92. The largest absolute Gasteiger partial charge is 0.497 e. The molecule has 3 aromatic carbocycles. The van der Waals surface area contributed by atoms with Crippen molar-refractivity contribution in [2.75, 3.05) is 27.4 Å². The normalized spacial score (nSPS) is 12.4. The van der Waals surface area contributed by atoms with Crippen molar-refractivity contribution in [2.24, 2.45) is 0 Å². The minimum absolute atomic E-state index is 0.0808. The van der Waals surface area contributed by atoms with E-state index >= 15 is 0 Å². The highest BCUT2D eigenvalue weighted by atomic mass is 16.6. The molecule has 0 radical (unpaired) electrons. The summed E-state index contributed by atoms with van der Waals surface area (Å²) >= 11 is 0. The van der Waals surface area contributed by atoms with E-state index in [0.29, 0.717) is 53.5 Å². The number of pyridine rings is 1. The Labute approximate surface area is 196 Å². The van der Waals surface area contributed by atoms with Crippen LogP contribution >= 0.6 is 0 Å². The van der Waals surface area contributed by atoms with Gasteiger partial charge in [-0.2, -0.15) is 0 Å². The Morgan fingerprint density at radius 2 is 1.62 bits per heavy atom. The van der Waals surface area contributed by atoms with Crippen LogP contribution in [0.25, 0.3) is 10.9 Å². The zero-order valence-corrected chi connectivity index (χ0v) is 18.9. The maximum Gasteiger partial charge on any atom is 0.200 e. The van der Waals surface area contributed by atoms with Crippen molar-refractivity contribution in [2.45, 2.75) is 6.54 Å². The van der Waals surface area contributed by atoms with E-state index in [1.165, 1.54) is 0 Å². The lowest BCUT2D eigenvalue weighted by Crippen LogP contribution is -2.21. The van der Waals surface area contributed by atoms with Crippen molar-refractivity contribution in [1.29, 1.82) is 0 Å². The molecule has 0 unspecified atom stereocenters. The van der Waals surface area contributed by atoms with Gasteiger partial charge in [-0.3, -0.25) is 9.59 Å². The second kappa shape index (κ2) is 8.94. The SMILES string of the molecule is COc1ccc(C(=O)c2cn(Cc3cccc(OC)c3)c3cc4c(cc3c2=O)OCCO4)cc1. The smallest absolute Gasteiger partial charge is 0.200 e. The lowest BCUT2D eigenvalue weighted by molar-refractivity contribution is 0.103. The summed E-state index contributed by atoms with van der Waals surface area (Å²) in [5, 5.41) is 0.395. The fraction of sp³-hybridized carbons (Fsp3) is 0.185. The van der Waals surface area contributed by atoms with E-state index < -0.39 is 0 Å². The highest BCUT2D eigenvalue weighted by molar-refractivity contribution is 6.10. The summed E-state index contributed by atoms with van der Waals surface area (Å²) in [5.41, 5.74) is 1.75. The van der Waals surface area contributed by atoms with Crippen LogP contribution in [0.5, 0.6) is 23.0 Å². The van der Waals surface area contributed by atoms with E-state index in [2.05, 4.69) is 0 Å². The van der Waals surface area contributed by atoms with Gasteiger partial charge in [-0.1, -0.05) is 12.1 Å². The highest BCUT2D eigenvalue weighted by Gasteiger charge is 2.21. The average Bonchev–Trinajstić information content (AvgIpc) is 2.89. The van der Waals surface area contributed by atoms with Crippen LogP contribution in [0.4, 0.5) is 0 Å². The van der Waals surface area contributed by atoms with E-state index in [9.17, 15) is 9.59 Å². The van der Waals surface area contributed by atoms with Crippen molar-refractivity contribution < 1.29 is 23.7 Å². The number of fused-ring (bicyclic) bond motifs is 2. The zero-order valence-electron chi connectivity index (χ0n) is 18.9. The van der Waals surface area contributed by atoms with Crippen molar-refractivity contribution >= 4 is 16.7 Å². The van der Waals surface area contributed by atoms with E-state index in [-0.39, 0.29) is 16.8 Å². The van der Waals surface area contributed by atoms with Gasteiger partial charge in [0.2, 0.25) is 5.43 Å². The Morgan fingerprint density at radius 3 is 2.32 bits per heavy atom. The summed E-state index contributed by atoms with van der Waals surface area (Å²) in [6.45, 7) is 1.27. The fourth-order valence-corrected chi connectivity index (χ4v) is 4.08. The Bertz CT molecular complexity index is 1440. The number of carbonyl (C=O) groups excluding carboxylic acids is 1. The summed E-state index contributed by atoms with van der Waals surface area (Å²) in [4.78, 5) is 26.9. The molecular weight excluding hydrogens is 434 g/mol. The van der Waals surface area contributed by atoms with Crippen LogP contribution in [0.15, 0.2) is 71.7 Å². The molecule has 2 heterocycles. The first kappa shape index (κ1) is 21.6. The number of ketones is 1. The van der Waals surface area contributed by atoms with Gasteiger partial charge in [-0.15, -0.1) is 0 Å². The molecule has 0 saturated heterocycles. The molecule has 0 atom stereocenters. The molecular formula is C27H23NO6. The lowest BCUT2D eigenvalue weighted by Gasteiger charge is -2.21. The number of methoxy groups -OCH3 is 2. The van der Waals surface area contributed by atoms with Crippen LogP contribution in [0.1, 0.15) is 21.5 Å². The van der Waals surface area contributed by atoms with Gasteiger partial charge in [0.05, 0.1) is 30.7 Å². The predicted octanol–water partition coefficient (Wildman–Crippen LogP) is 4.07. The number of hydrogen-bond acceptors (Lipinski definition) is 6. The Balaban J connectivity index is 1.68. The number of benzene rings is 3. The number of aromatic nitrogens is 1. The van der Waals surface area contributed by atoms with Crippen molar-refractivity contribution in [1.82, 2.24) is 4.57 Å². The fourth-order valence-electron chi connectivity index (χ4n) is 4.08. The molecule has 0 fully saturated rings. The molecule has 1 aliphatic heterocycles. The predicted molar refractivity (Wildman–Crippen MR) is 128 cm³/mol. The molecule has 0 saturated carbocycles. The van der Waals surface area contributed by atoms with Gasteiger partial charge < -0.3 is 23.5 Å². The summed E-state index contributed by atoms with van der Waals surface area (Å²) in [6, 6.07) is 17.8.